The van der Waals surface area contributed by atoms with Crippen molar-refractivity contribution >= 4 is 5.91 Å². The third kappa shape index (κ3) is 4.73. The Morgan fingerprint density at radius 3 is 2.00 bits per heavy atom. The molecule has 0 aliphatic carbocycles. The molecule has 0 bridgehead atoms. The van der Waals surface area contributed by atoms with E-state index in [1.165, 1.54) is 0 Å². The van der Waals surface area contributed by atoms with Crippen LogP contribution in [0.5, 0.6) is 0 Å². The van der Waals surface area contributed by atoms with Gasteiger partial charge in [0.1, 0.15) is 0 Å². The first-order valence-electron chi connectivity index (χ1n) is 3.91. The third-order valence-electron chi connectivity index (χ3n) is 1.28. The molecule has 0 radical (unpaired) electrons. The maximum Gasteiger partial charge on any atom is 0.246 e. The Labute approximate surface area is 73.5 Å². The van der Waals surface area contributed by atoms with Gasteiger partial charge in [0.15, 0.2) is 0 Å². The fourth-order valence-corrected chi connectivity index (χ4v) is 0.534. The van der Waals surface area contributed by atoms with E-state index in [0.717, 1.165) is 0 Å². The SMILES string of the molecule is CC.CN/C(CO)=C(/C)C(N)=O. The molecule has 4 N–H and O–H groups in total. The van der Waals surface area contributed by atoms with Crippen molar-refractivity contribution in [2.45, 2.75) is 20.8 Å². The molecule has 0 aromatic heterocycles. The van der Waals surface area contributed by atoms with Crippen LogP contribution in [0.3, 0.4) is 0 Å². The Morgan fingerprint density at radius 1 is 1.50 bits per heavy atom. The van der Waals surface area contributed by atoms with Gasteiger partial charge in [-0.1, -0.05) is 13.8 Å². The summed E-state index contributed by atoms with van der Waals surface area (Å²) < 4.78 is 0. The Balaban J connectivity index is 0. The van der Waals surface area contributed by atoms with Gasteiger partial charge in [0, 0.05) is 18.3 Å². The summed E-state index contributed by atoms with van der Waals surface area (Å²) >= 11 is 0. The lowest BCUT2D eigenvalue weighted by atomic mass is 10.2. The molecule has 72 valence electrons. The van der Waals surface area contributed by atoms with Gasteiger partial charge in [-0.05, 0) is 6.92 Å². The first-order chi connectivity index (χ1) is 5.63. The fourth-order valence-electron chi connectivity index (χ4n) is 0.534. The lowest BCUT2D eigenvalue weighted by molar-refractivity contribution is -0.114. The Morgan fingerprint density at radius 2 is 1.92 bits per heavy atom. The number of primary amides is 1. The number of amides is 1. The third-order valence-corrected chi connectivity index (χ3v) is 1.28. The predicted octanol–water partition coefficient (Wildman–Crippen LogP) is -0.0164. The first-order valence-corrected chi connectivity index (χ1v) is 3.91. The number of likely N-dealkylation sites (N-methyl/N-ethyl adjacent to an activating group) is 1. The van der Waals surface area contributed by atoms with E-state index in [9.17, 15) is 4.79 Å². The van der Waals surface area contributed by atoms with E-state index in [2.05, 4.69) is 5.32 Å². The number of nitrogens with one attached hydrogen (secondary N) is 1. The maximum absolute atomic E-state index is 10.5. The van der Waals surface area contributed by atoms with Gasteiger partial charge in [0.25, 0.3) is 0 Å². The van der Waals surface area contributed by atoms with E-state index in [-0.39, 0.29) is 6.61 Å². The van der Waals surface area contributed by atoms with Crippen LogP contribution in [0.4, 0.5) is 0 Å². The Kier molecular flexibility index (Phi) is 9.11. The van der Waals surface area contributed by atoms with Gasteiger partial charge in [0.2, 0.25) is 5.91 Å². The molecular formula is C8H18N2O2. The van der Waals surface area contributed by atoms with Gasteiger partial charge < -0.3 is 16.2 Å². The van der Waals surface area contributed by atoms with Crippen molar-refractivity contribution in [2.75, 3.05) is 13.7 Å². The summed E-state index contributed by atoms with van der Waals surface area (Å²) in [7, 11) is 1.62. The minimum absolute atomic E-state index is 0.189. The molecule has 0 rings (SSSR count). The second kappa shape index (κ2) is 8.07. The normalized spacial score (nSPS) is 10.8. The summed E-state index contributed by atoms with van der Waals surface area (Å²) in [5, 5.41) is 11.3. The lowest BCUT2D eigenvalue weighted by Gasteiger charge is -2.04. The van der Waals surface area contributed by atoms with E-state index in [0.29, 0.717) is 11.3 Å². The van der Waals surface area contributed by atoms with Gasteiger partial charge >= 0.3 is 0 Å². The zero-order valence-corrected chi connectivity index (χ0v) is 8.14. The molecule has 4 heteroatoms. The van der Waals surface area contributed by atoms with Gasteiger partial charge in [-0.15, -0.1) is 0 Å². The largest absolute Gasteiger partial charge is 0.390 e. The highest BCUT2D eigenvalue weighted by atomic mass is 16.3. The van der Waals surface area contributed by atoms with Crippen LogP contribution in [0.25, 0.3) is 0 Å². The highest BCUT2D eigenvalue weighted by molar-refractivity contribution is 5.92. The molecule has 0 atom stereocenters. The molecule has 1 amide bonds. The highest BCUT2D eigenvalue weighted by Gasteiger charge is 2.03. The number of carbonyl (C=O) groups is 1. The highest BCUT2D eigenvalue weighted by Crippen LogP contribution is 1.96. The topological polar surface area (TPSA) is 75.3 Å². The standard InChI is InChI=1S/C6H12N2O2.C2H6/c1-4(6(7)10)5(3-9)8-2;1-2/h8-9H,3H2,1-2H3,(H2,7,10);1-2H3/b5-4-;. The molecule has 0 aliphatic rings. The van der Waals surface area contributed by atoms with Gasteiger partial charge in [-0.3, -0.25) is 4.79 Å². The molecule has 4 nitrogen and oxygen atoms in total. The van der Waals surface area contributed by atoms with Crippen molar-refractivity contribution in [2.24, 2.45) is 5.73 Å². The summed E-state index contributed by atoms with van der Waals surface area (Å²) in [5.41, 5.74) is 5.77. The quantitative estimate of drug-likeness (QED) is 0.526. The number of hydrogen-bond donors (Lipinski definition) is 3. The Hall–Kier alpha value is -1.03. The first kappa shape index (κ1) is 13.6. The number of nitrogens with two attached hydrogens (primary N) is 1. The minimum Gasteiger partial charge on any atom is -0.390 e. The number of rotatable bonds is 3. The zero-order valence-electron chi connectivity index (χ0n) is 8.14. The molecule has 0 aliphatic heterocycles. The van der Waals surface area contributed by atoms with Crippen LogP contribution in [0.1, 0.15) is 20.8 Å². The second-order valence-electron chi connectivity index (χ2n) is 1.88. The average Bonchev–Trinajstić information content (AvgIpc) is 2.10. The minimum atomic E-state index is -0.515. The molecule has 0 spiro atoms. The summed E-state index contributed by atoms with van der Waals surface area (Å²) in [5.74, 6) is -0.515. The second-order valence-corrected chi connectivity index (χ2v) is 1.88. The fraction of sp³-hybridized carbons (Fsp3) is 0.625. The molecule has 12 heavy (non-hydrogen) atoms. The van der Waals surface area contributed by atoms with Crippen molar-refractivity contribution < 1.29 is 9.90 Å². The van der Waals surface area contributed by atoms with Crippen LogP contribution < -0.4 is 11.1 Å². The molecule has 0 saturated carbocycles. The van der Waals surface area contributed by atoms with Crippen molar-refractivity contribution in [1.29, 1.82) is 0 Å². The van der Waals surface area contributed by atoms with Gasteiger partial charge in [-0.2, -0.15) is 0 Å². The van der Waals surface area contributed by atoms with Gasteiger partial charge in [-0.25, -0.2) is 0 Å². The molecule has 0 fully saturated rings. The van der Waals surface area contributed by atoms with Crippen LogP contribution in [0, 0.1) is 0 Å². The molecule has 0 aromatic carbocycles. The van der Waals surface area contributed by atoms with Crippen LogP contribution in [-0.4, -0.2) is 24.7 Å². The van der Waals surface area contributed by atoms with Crippen LogP contribution >= 0.6 is 0 Å². The molecule has 0 heterocycles. The average molecular weight is 174 g/mol. The zero-order chi connectivity index (χ0) is 10.1. The van der Waals surface area contributed by atoms with E-state index < -0.39 is 5.91 Å². The summed E-state index contributed by atoms with van der Waals surface area (Å²) in [6.07, 6.45) is 0. The predicted molar refractivity (Wildman–Crippen MR) is 49.4 cm³/mol. The Bertz CT molecular complexity index is 158. The van der Waals surface area contributed by atoms with E-state index >= 15 is 0 Å². The van der Waals surface area contributed by atoms with E-state index in [4.69, 9.17) is 10.8 Å². The van der Waals surface area contributed by atoms with Crippen LogP contribution in [0.2, 0.25) is 0 Å². The number of carbonyl (C=O) groups excluding carboxylic acids is 1. The number of aliphatic hydroxyl groups is 1. The maximum atomic E-state index is 10.5. The lowest BCUT2D eigenvalue weighted by Crippen LogP contribution is -2.20. The number of aliphatic hydroxyl groups excluding tert-OH is 1. The molecule has 0 aromatic rings. The van der Waals surface area contributed by atoms with Crippen molar-refractivity contribution in [3.05, 3.63) is 11.3 Å². The smallest absolute Gasteiger partial charge is 0.246 e. The van der Waals surface area contributed by atoms with Crippen LogP contribution in [0.15, 0.2) is 11.3 Å². The molecular weight excluding hydrogens is 156 g/mol. The van der Waals surface area contributed by atoms with Crippen molar-refractivity contribution in [3.63, 3.8) is 0 Å². The van der Waals surface area contributed by atoms with E-state index in [1.807, 2.05) is 13.8 Å². The summed E-state index contributed by atoms with van der Waals surface area (Å²) in [6.45, 7) is 5.37. The van der Waals surface area contributed by atoms with Crippen molar-refractivity contribution in [1.82, 2.24) is 5.32 Å². The molecule has 0 saturated heterocycles. The van der Waals surface area contributed by atoms with Gasteiger partial charge in [0.05, 0.1) is 6.61 Å². The summed E-state index contributed by atoms with van der Waals surface area (Å²) in [4.78, 5) is 10.5. The summed E-state index contributed by atoms with van der Waals surface area (Å²) in [6, 6.07) is 0. The van der Waals surface area contributed by atoms with Crippen LogP contribution in [-0.2, 0) is 4.79 Å². The van der Waals surface area contributed by atoms with E-state index in [1.54, 1.807) is 14.0 Å². The number of hydrogen-bond acceptors (Lipinski definition) is 3. The molecule has 0 unspecified atom stereocenters. The van der Waals surface area contributed by atoms with Crippen molar-refractivity contribution in [3.8, 4) is 0 Å². The monoisotopic (exact) mass is 174 g/mol.